The number of hydrogen-bond donors (Lipinski definition) is 1. The molecular formula is C32H30Cl2FN3O4. The summed E-state index contributed by atoms with van der Waals surface area (Å²) in [6.07, 6.45) is 6.23. The molecule has 0 aromatic heterocycles. The van der Waals surface area contributed by atoms with Gasteiger partial charge in [-0.2, -0.15) is 0 Å². The van der Waals surface area contributed by atoms with Crippen LogP contribution in [0.1, 0.15) is 34.3 Å². The van der Waals surface area contributed by atoms with Crippen LogP contribution in [-0.2, 0) is 26.4 Å². The van der Waals surface area contributed by atoms with Gasteiger partial charge in [0, 0.05) is 47.0 Å². The number of methoxy groups -OCH3 is 1. The average molecular weight is 611 g/mol. The number of amides is 2. The largest absolute Gasteiger partial charge is 0.465 e. The first-order valence-corrected chi connectivity index (χ1v) is 14.6. The number of likely N-dealkylation sites (tertiary alicyclic amines) is 2. The SMILES string of the molecule is C=C(Cl)/C=C\C=C(/F)[C@H]1[C@@H]2C(=O)N(Cc3ccc(C(=O)OC)cc3)C[C@@H]2N(CC2CC2)[C@@]12C(=O)Nc1cc(Cl)ccc12. The van der Waals surface area contributed by atoms with Crippen molar-refractivity contribution in [3.63, 3.8) is 0 Å². The fourth-order valence-electron chi connectivity index (χ4n) is 6.85. The molecule has 1 N–H and O–H groups in total. The van der Waals surface area contributed by atoms with Crippen molar-refractivity contribution in [2.75, 3.05) is 25.5 Å². The Morgan fingerprint density at radius 3 is 2.62 bits per heavy atom. The predicted octanol–water partition coefficient (Wildman–Crippen LogP) is 5.81. The van der Waals surface area contributed by atoms with E-state index in [0.29, 0.717) is 47.4 Å². The molecule has 1 saturated carbocycles. The number of fused-ring (bicyclic) bond motifs is 3. The van der Waals surface area contributed by atoms with Crippen LogP contribution in [0.4, 0.5) is 10.1 Å². The number of carbonyl (C=O) groups excluding carboxylic acids is 3. The molecule has 6 rings (SSSR count). The van der Waals surface area contributed by atoms with Crippen LogP contribution in [0.3, 0.4) is 0 Å². The number of allylic oxidation sites excluding steroid dienone is 4. The van der Waals surface area contributed by atoms with E-state index in [2.05, 4.69) is 16.8 Å². The van der Waals surface area contributed by atoms with E-state index < -0.39 is 35.2 Å². The minimum atomic E-state index is -1.41. The summed E-state index contributed by atoms with van der Waals surface area (Å²) in [7, 11) is 1.32. The minimum absolute atomic E-state index is 0.218. The minimum Gasteiger partial charge on any atom is -0.465 e. The van der Waals surface area contributed by atoms with E-state index in [1.807, 2.05) is 0 Å². The second kappa shape index (κ2) is 11.0. The Balaban J connectivity index is 1.42. The van der Waals surface area contributed by atoms with Gasteiger partial charge < -0.3 is 15.0 Å². The number of carbonyl (C=O) groups is 3. The molecule has 4 atom stereocenters. The molecule has 0 unspecified atom stereocenters. The summed E-state index contributed by atoms with van der Waals surface area (Å²) < 4.78 is 21.3. The van der Waals surface area contributed by atoms with Gasteiger partial charge in [0.15, 0.2) is 0 Å². The summed E-state index contributed by atoms with van der Waals surface area (Å²) in [6.45, 7) is 4.82. The lowest BCUT2D eigenvalue weighted by Crippen LogP contribution is -2.55. The van der Waals surface area contributed by atoms with Gasteiger partial charge in [0.1, 0.15) is 11.4 Å². The maximum Gasteiger partial charge on any atom is 0.337 e. The lowest BCUT2D eigenvalue weighted by Gasteiger charge is -2.40. The van der Waals surface area contributed by atoms with E-state index in [1.54, 1.807) is 47.4 Å². The number of nitrogens with one attached hydrogen (secondary N) is 1. The zero-order valence-corrected chi connectivity index (χ0v) is 24.5. The molecule has 3 heterocycles. The Kier molecular flexibility index (Phi) is 7.50. The molecule has 7 nitrogen and oxygen atoms in total. The van der Waals surface area contributed by atoms with Crippen LogP contribution in [0.5, 0.6) is 0 Å². The number of ether oxygens (including phenoxy) is 1. The smallest absolute Gasteiger partial charge is 0.337 e. The van der Waals surface area contributed by atoms with Crippen molar-refractivity contribution in [1.29, 1.82) is 0 Å². The van der Waals surface area contributed by atoms with Crippen LogP contribution < -0.4 is 5.32 Å². The molecule has 2 saturated heterocycles. The lowest BCUT2D eigenvalue weighted by molar-refractivity contribution is -0.135. The van der Waals surface area contributed by atoms with E-state index in [0.717, 1.165) is 18.4 Å². The highest BCUT2D eigenvalue weighted by Crippen LogP contribution is 2.60. The first-order valence-electron chi connectivity index (χ1n) is 13.9. The number of rotatable bonds is 8. The Hall–Kier alpha value is -3.46. The number of benzene rings is 2. The molecule has 0 bridgehead atoms. The average Bonchev–Trinajstić information content (AvgIpc) is 3.60. The van der Waals surface area contributed by atoms with Crippen LogP contribution in [0, 0.1) is 17.8 Å². The van der Waals surface area contributed by atoms with Crippen LogP contribution in [0.25, 0.3) is 0 Å². The Bertz CT molecular complexity index is 1540. The molecule has 2 aromatic rings. The van der Waals surface area contributed by atoms with Crippen LogP contribution in [0.15, 0.2) is 78.1 Å². The summed E-state index contributed by atoms with van der Waals surface area (Å²) in [4.78, 5) is 44.0. The van der Waals surface area contributed by atoms with Crippen molar-refractivity contribution < 1.29 is 23.5 Å². The lowest BCUT2D eigenvalue weighted by atomic mass is 9.74. The van der Waals surface area contributed by atoms with Gasteiger partial charge in [-0.15, -0.1) is 0 Å². The third-order valence-corrected chi connectivity index (χ3v) is 9.16. The molecule has 10 heteroatoms. The van der Waals surface area contributed by atoms with E-state index in [-0.39, 0.29) is 16.8 Å². The number of anilines is 1. The molecule has 3 aliphatic heterocycles. The van der Waals surface area contributed by atoms with Gasteiger partial charge in [-0.25, -0.2) is 9.18 Å². The number of nitrogens with zero attached hydrogens (tertiary/aromatic N) is 2. The van der Waals surface area contributed by atoms with Gasteiger partial charge in [0.25, 0.3) is 0 Å². The maximum atomic E-state index is 16.5. The number of hydrogen-bond acceptors (Lipinski definition) is 5. The molecule has 218 valence electrons. The molecule has 3 fully saturated rings. The highest BCUT2D eigenvalue weighted by atomic mass is 35.5. The van der Waals surface area contributed by atoms with E-state index >= 15 is 4.39 Å². The zero-order chi connectivity index (χ0) is 29.8. The van der Waals surface area contributed by atoms with Crippen molar-refractivity contribution in [1.82, 2.24) is 9.80 Å². The fourth-order valence-corrected chi connectivity index (χ4v) is 7.10. The fraction of sp³-hybridized carbons (Fsp3) is 0.344. The van der Waals surface area contributed by atoms with Crippen molar-refractivity contribution in [3.8, 4) is 0 Å². The van der Waals surface area contributed by atoms with Crippen LogP contribution >= 0.6 is 23.2 Å². The molecule has 2 aromatic carbocycles. The molecule has 0 radical (unpaired) electrons. The van der Waals surface area contributed by atoms with Crippen molar-refractivity contribution in [3.05, 3.63) is 99.8 Å². The molecule has 4 aliphatic rings. The standard InChI is InChI=1S/C32H30Cl2FN3O4/c1-18(33)4-3-5-24(35)28-27-26(17-37(29(27)39)15-19-8-10-21(11-9-19)30(40)42-2)38(16-20-6-7-20)32(28)23-13-12-22(34)14-25(23)36-31(32)41/h3-5,8-14,20,26-28H,1,6-7,15-17H2,2H3,(H,36,41)/b4-3-,24-5-/t26-,27+,28-,32+/m0/s1. The second-order valence-corrected chi connectivity index (χ2v) is 12.3. The van der Waals surface area contributed by atoms with Crippen molar-refractivity contribution in [2.24, 2.45) is 17.8 Å². The highest BCUT2D eigenvalue weighted by molar-refractivity contribution is 6.31. The molecule has 1 spiro atoms. The Morgan fingerprint density at radius 2 is 1.95 bits per heavy atom. The molecule has 2 amide bonds. The van der Waals surface area contributed by atoms with E-state index in [4.69, 9.17) is 27.9 Å². The Labute approximate surface area is 253 Å². The third kappa shape index (κ3) is 4.75. The van der Waals surface area contributed by atoms with Gasteiger partial charge in [-0.1, -0.05) is 54.1 Å². The monoisotopic (exact) mass is 609 g/mol. The molecular weight excluding hydrogens is 580 g/mol. The normalized spacial score (nSPS) is 27.1. The summed E-state index contributed by atoms with van der Waals surface area (Å²) >= 11 is 12.2. The first-order chi connectivity index (χ1) is 20.1. The maximum absolute atomic E-state index is 16.5. The van der Waals surface area contributed by atoms with Crippen molar-refractivity contribution in [2.45, 2.75) is 31.0 Å². The summed E-state index contributed by atoms with van der Waals surface area (Å²) in [5, 5.41) is 3.64. The van der Waals surface area contributed by atoms with Gasteiger partial charge in [0.05, 0.1) is 24.5 Å². The molecule has 1 aliphatic carbocycles. The number of esters is 1. The predicted molar refractivity (Wildman–Crippen MR) is 158 cm³/mol. The van der Waals surface area contributed by atoms with Gasteiger partial charge in [-0.05, 0) is 60.7 Å². The quantitative estimate of drug-likeness (QED) is 0.302. The third-order valence-electron chi connectivity index (χ3n) is 8.80. The van der Waals surface area contributed by atoms with Crippen LogP contribution in [-0.4, -0.2) is 53.8 Å². The van der Waals surface area contributed by atoms with E-state index in [9.17, 15) is 14.4 Å². The van der Waals surface area contributed by atoms with E-state index in [1.165, 1.54) is 25.3 Å². The zero-order valence-electron chi connectivity index (χ0n) is 23.0. The Morgan fingerprint density at radius 1 is 1.21 bits per heavy atom. The topological polar surface area (TPSA) is 79.0 Å². The second-order valence-electron chi connectivity index (χ2n) is 11.3. The highest BCUT2D eigenvalue weighted by Gasteiger charge is 2.71. The first kappa shape index (κ1) is 28.6. The summed E-state index contributed by atoms with van der Waals surface area (Å²) in [6, 6.07) is 11.6. The summed E-state index contributed by atoms with van der Waals surface area (Å²) in [5.74, 6) is -3.09. The van der Waals surface area contributed by atoms with Crippen molar-refractivity contribution >= 4 is 46.7 Å². The van der Waals surface area contributed by atoms with Gasteiger partial charge in [0.2, 0.25) is 11.8 Å². The molecule has 42 heavy (non-hydrogen) atoms. The summed E-state index contributed by atoms with van der Waals surface area (Å²) in [5.41, 5.74) is 0.993. The number of halogens is 3. The van der Waals surface area contributed by atoms with Gasteiger partial charge in [-0.3, -0.25) is 14.5 Å². The van der Waals surface area contributed by atoms with Crippen LogP contribution in [0.2, 0.25) is 5.02 Å². The van der Waals surface area contributed by atoms with Gasteiger partial charge >= 0.3 is 5.97 Å².